The van der Waals surface area contributed by atoms with E-state index in [-0.39, 0.29) is 17.0 Å². The monoisotopic (exact) mass is 373 g/mol. The van der Waals surface area contributed by atoms with Crippen molar-refractivity contribution in [2.45, 2.75) is 6.18 Å². The van der Waals surface area contributed by atoms with Crippen LogP contribution in [0.5, 0.6) is 0 Å². The molecule has 0 radical (unpaired) electrons. The predicted molar refractivity (Wildman–Crippen MR) is 91.8 cm³/mol. The van der Waals surface area contributed by atoms with Crippen LogP contribution in [0.15, 0.2) is 55.1 Å². The first-order valence-electron chi connectivity index (χ1n) is 7.80. The number of anilines is 2. The molecule has 0 unspecified atom stereocenters. The van der Waals surface area contributed by atoms with Gasteiger partial charge in [0.2, 0.25) is 0 Å². The first-order chi connectivity index (χ1) is 12.9. The molecular formula is C18H11F4N5. The Hall–Kier alpha value is -3.49. The van der Waals surface area contributed by atoms with Gasteiger partial charge in [-0.15, -0.1) is 0 Å². The van der Waals surface area contributed by atoms with Gasteiger partial charge < -0.3 is 10.3 Å². The van der Waals surface area contributed by atoms with E-state index in [4.69, 9.17) is 0 Å². The average molecular weight is 373 g/mol. The number of imidazole rings is 1. The van der Waals surface area contributed by atoms with E-state index in [1.807, 2.05) is 0 Å². The van der Waals surface area contributed by atoms with E-state index >= 15 is 0 Å². The highest BCUT2D eigenvalue weighted by atomic mass is 19.4. The molecule has 0 spiro atoms. The number of hydrogen-bond acceptors (Lipinski definition) is 4. The second-order valence-electron chi connectivity index (χ2n) is 5.74. The highest BCUT2D eigenvalue weighted by Gasteiger charge is 2.30. The summed E-state index contributed by atoms with van der Waals surface area (Å²) in [7, 11) is 0. The number of nitrogens with one attached hydrogen (secondary N) is 2. The third kappa shape index (κ3) is 3.31. The van der Waals surface area contributed by atoms with Crippen LogP contribution in [-0.4, -0.2) is 19.9 Å². The number of rotatable bonds is 3. The van der Waals surface area contributed by atoms with E-state index in [0.717, 1.165) is 12.1 Å². The summed E-state index contributed by atoms with van der Waals surface area (Å²) in [5.41, 5.74) is 0.857. The third-order valence-corrected chi connectivity index (χ3v) is 3.92. The van der Waals surface area contributed by atoms with Gasteiger partial charge in [-0.05, 0) is 24.3 Å². The summed E-state index contributed by atoms with van der Waals surface area (Å²) in [6.45, 7) is 0. The topological polar surface area (TPSA) is 66.5 Å². The highest BCUT2D eigenvalue weighted by molar-refractivity contribution is 5.84. The van der Waals surface area contributed by atoms with Gasteiger partial charge in [0.1, 0.15) is 17.7 Å². The summed E-state index contributed by atoms with van der Waals surface area (Å²) in [4.78, 5) is 14.8. The van der Waals surface area contributed by atoms with Gasteiger partial charge in [-0.2, -0.15) is 13.2 Å². The van der Waals surface area contributed by atoms with Crippen molar-refractivity contribution >= 4 is 22.4 Å². The smallest absolute Gasteiger partial charge is 0.351 e. The zero-order valence-electron chi connectivity index (χ0n) is 13.5. The molecule has 2 N–H and O–H groups in total. The van der Waals surface area contributed by atoms with Crippen molar-refractivity contribution in [2.24, 2.45) is 0 Å². The molecule has 27 heavy (non-hydrogen) atoms. The molecule has 2 aromatic heterocycles. The maximum atomic E-state index is 14.8. The number of nitrogens with zero attached hydrogens (tertiary/aromatic N) is 3. The van der Waals surface area contributed by atoms with Gasteiger partial charge in [-0.3, -0.25) is 0 Å². The minimum absolute atomic E-state index is 0.0757. The molecule has 4 aromatic rings. The summed E-state index contributed by atoms with van der Waals surface area (Å²) in [5.74, 6) is -0.316. The molecule has 2 aromatic carbocycles. The molecule has 9 heteroatoms. The Bertz CT molecular complexity index is 1090. The molecule has 2 heterocycles. The number of hydrogen-bond donors (Lipinski definition) is 2. The van der Waals surface area contributed by atoms with Crippen LogP contribution in [0.4, 0.5) is 28.9 Å². The number of alkyl halides is 3. The zero-order chi connectivity index (χ0) is 19.0. The van der Waals surface area contributed by atoms with E-state index in [0.29, 0.717) is 16.8 Å². The fraction of sp³-hybridized carbons (Fsp3) is 0.0556. The Morgan fingerprint density at radius 3 is 2.30 bits per heavy atom. The van der Waals surface area contributed by atoms with Crippen molar-refractivity contribution in [3.05, 3.63) is 66.5 Å². The first-order valence-corrected chi connectivity index (χ1v) is 7.80. The number of fused-ring (bicyclic) bond motifs is 1. The summed E-state index contributed by atoms with van der Waals surface area (Å²) in [6.07, 6.45) is -0.0708. The normalized spacial score (nSPS) is 11.7. The van der Waals surface area contributed by atoms with Gasteiger partial charge in [0.15, 0.2) is 5.82 Å². The van der Waals surface area contributed by atoms with E-state index in [2.05, 4.69) is 25.3 Å². The number of aromatic nitrogens is 4. The molecule has 0 bridgehead atoms. The predicted octanol–water partition coefficient (Wildman–Crippen LogP) is 4.92. The molecule has 0 saturated heterocycles. The summed E-state index contributed by atoms with van der Waals surface area (Å²) in [5, 5.41) is 2.86. The second-order valence-corrected chi connectivity index (χ2v) is 5.74. The lowest BCUT2D eigenvalue weighted by molar-refractivity contribution is -0.137. The molecule has 5 nitrogen and oxygen atoms in total. The summed E-state index contributed by atoms with van der Waals surface area (Å²) in [6, 6.07) is 7.66. The SMILES string of the molecule is Fc1c(Nc2cncnc2)ccc2[nH]c(-c3ccc(C(F)(F)F)cc3)nc12. The molecule has 0 aliphatic heterocycles. The van der Waals surface area contributed by atoms with E-state index in [1.165, 1.54) is 36.9 Å². The fourth-order valence-corrected chi connectivity index (χ4v) is 2.61. The fourth-order valence-electron chi connectivity index (χ4n) is 2.61. The molecule has 0 aliphatic rings. The van der Waals surface area contributed by atoms with E-state index < -0.39 is 17.6 Å². The zero-order valence-corrected chi connectivity index (χ0v) is 13.5. The first kappa shape index (κ1) is 17.0. The number of benzene rings is 2. The second kappa shape index (κ2) is 6.35. The van der Waals surface area contributed by atoms with Crippen LogP contribution in [0.25, 0.3) is 22.4 Å². The number of halogens is 4. The lowest BCUT2D eigenvalue weighted by Crippen LogP contribution is -2.04. The van der Waals surface area contributed by atoms with Crippen LogP contribution in [-0.2, 0) is 6.18 Å². The minimum Gasteiger partial charge on any atom is -0.351 e. The summed E-state index contributed by atoms with van der Waals surface area (Å²) < 4.78 is 52.8. The molecule has 0 atom stereocenters. The molecule has 0 aliphatic carbocycles. The van der Waals surface area contributed by atoms with Crippen molar-refractivity contribution in [1.29, 1.82) is 0 Å². The van der Waals surface area contributed by atoms with Gasteiger partial charge in [-0.1, -0.05) is 12.1 Å². The van der Waals surface area contributed by atoms with Gasteiger partial charge in [0.25, 0.3) is 0 Å². The quantitative estimate of drug-likeness (QED) is 0.500. The minimum atomic E-state index is -4.42. The number of aromatic amines is 1. The molecule has 136 valence electrons. The van der Waals surface area contributed by atoms with Crippen LogP contribution in [0.3, 0.4) is 0 Å². The van der Waals surface area contributed by atoms with E-state index in [9.17, 15) is 17.6 Å². The molecule has 0 fully saturated rings. The van der Waals surface area contributed by atoms with Crippen molar-refractivity contribution in [2.75, 3.05) is 5.32 Å². The Kier molecular flexibility index (Phi) is 3.98. The maximum absolute atomic E-state index is 14.8. The van der Waals surface area contributed by atoms with Gasteiger partial charge in [0.05, 0.1) is 34.8 Å². The standard InChI is InChI=1S/C18H11F4N5/c19-15-13(25-12-7-23-9-24-8-12)5-6-14-16(15)27-17(26-14)10-1-3-11(4-2-10)18(20,21)22/h1-9,25H,(H,26,27). The molecular weight excluding hydrogens is 362 g/mol. The van der Waals surface area contributed by atoms with Gasteiger partial charge >= 0.3 is 6.18 Å². The third-order valence-electron chi connectivity index (χ3n) is 3.92. The summed E-state index contributed by atoms with van der Waals surface area (Å²) >= 11 is 0. The van der Waals surface area contributed by atoms with Gasteiger partial charge in [0, 0.05) is 5.56 Å². The van der Waals surface area contributed by atoms with Crippen LogP contribution < -0.4 is 5.32 Å². The van der Waals surface area contributed by atoms with Crippen LogP contribution in [0, 0.1) is 5.82 Å². The Balaban J connectivity index is 1.69. The maximum Gasteiger partial charge on any atom is 0.416 e. The molecule has 0 amide bonds. The van der Waals surface area contributed by atoms with E-state index in [1.54, 1.807) is 6.07 Å². The molecule has 0 saturated carbocycles. The van der Waals surface area contributed by atoms with Gasteiger partial charge in [-0.25, -0.2) is 19.3 Å². The Morgan fingerprint density at radius 1 is 0.926 bits per heavy atom. The van der Waals surface area contributed by atoms with Crippen LogP contribution in [0.2, 0.25) is 0 Å². The highest BCUT2D eigenvalue weighted by Crippen LogP contribution is 2.32. The van der Waals surface area contributed by atoms with Crippen LogP contribution in [0.1, 0.15) is 5.56 Å². The largest absolute Gasteiger partial charge is 0.416 e. The van der Waals surface area contributed by atoms with Crippen molar-refractivity contribution < 1.29 is 17.6 Å². The van der Waals surface area contributed by atoms with Crippen LogP contribution >= 0.6 is 0 Å². The van der Waals surface area contributed by atoms with Crippen molar-refractivity contribution in [3.8, 4) is 11.4 Å². The lowest BCUT2D eigenvalue weighted by Gasteiger charge is -2.06. The Morgan fingerprint density at radius 2 is 1.63 bits per heavy atom. The Labute approximate surface area is 150 Å². The number of H-pyrrole nitrogens is 1. The molecule has 4 rings (SSSR count). The van der Waals surface area contributed by atoms with Crippen molar-refractivity contribution in [1.82, 2.24) is 19.9 Å². The average Bonchev–Trinajstić information content (AvgIpc) is 3.10. The lowest BCUT2D eigenvalue weighted by atomic mass is 10.1. The van der Waals surface area contributed by atoms with Crippen molar-refractivity contribution in [3.63, 3.8) is 0 Å².